The average molecular weight is 4170 g/mol. The van der Waals surface area contributed by atoms with Gasteiger partial charge < -0.3 is 0 Å². The van der Waals surface area contributed by atoms with Crippen molar-refractivity contribution in [2.45, 2.75) is 0 Å². The average Bonchev–Trinajstić information content (AvgIpc) is 2.73. The molecular formula is O54W18. The molecule has 0 unspecified atom stereocenters. The second kappa shape index (κ2) is 9.40. The zero-order valence-corrected chi connectivity index (χ0v) is 82.2. The van der Waals surface area contributed by atoms with Crippen LogP contribution in [0.2, 0.25) is 0 Å². The van der Waals surface area contributed by atoms with Crippen LogP contribution in [0.5, 0.6) is 0 Å². The van der Waals surface area contributed by atoms with E-state index in [2.05, 4.69) is 0 Å². The standard InChI is InChI=1S/54O.18W. The van der Waals surface area contributed by atoms with Crippen molar-refractivity contribution in [2.24, 2.45) is 0 Å². The van der Waals surface area contributed by atoms with E-state index in [0.29, 0.717) is 0 Å². The second-order valence-corrected chi connectivity index (χ2v) is 264. The molecule has 0 aromatic carbocycles. The van der Waals surface area contributed by atoms with Crippen molar-refractivity contribution in [3.05, 3.63) is 0 Å². The zero-order valence-electron chi connectivity index (χ0n) is 29.4. The summed E-state index contributed by atoms with van der Waals surface area (Å²) in [6, 6.07) is 0. The van der Waals surface area contributed by atoms with Gasteiger partial charge in [0, 0.05) is 0 Å². The molecule has 0 aliphatic carbocycles. The van der Waals surface area contributed by atoms with Crippen molar-refractivity contribution < 1.29 is 428 Å². The molecule has 0 N–H and O–H groups in total. The third kappa shape index (κ3) is 5.17. The van der Waals surface area contributed by atoms with Crippen LogP contribution in [0.1, 0.15) is 0 Å². The van der Waals surface area contributed by atoms with Gasteiger partial charge in [0.25, 0.3) is 0 Å². The van der Waals surface area contributed by atoms with Crippen molar-refractivity contribution in [2.75, 3.05) is 0 Å². The molecule has 432 valence electrons. The third-order valence-electron chi connectivity index (χ3n) is 8.00. The van der Waals surface area contributed by atoms with Crippen LogP contribution in [0.25, 0.3) is 0 Å². The Bertz CT molecular complexity index is 3890. The fourth-order valence-electron chi connectivity index (χ4n) is 7.76. The Morgan fingerprint density at radius 2 is 0.111 bits per heavy atom. The summed E-state index contributed by atoms with van der Waals surface area (Å²) in [5, 5.41) is 0. The molecule has 0 aromatic rings. The molecule has 20 saturated heterocycles. The minimum atomic E-state index is -11.8. The van der Waals surface area contributed by atoms with Crippen LogP contribution in [0, 0.1) is 0 Å². The molecule has 20 aliphatic heterocycles. The van der Waals surface area contributed by atoms with Gasteiger partial charge in [0.2, 0.25) is 0 Å². The Morgan fingerprint density at radius 3 is 0.139 bits per heavy atom. The molecule has 0 atom stereocenters. The van der Waals surface area contributed by atoms with Crippen molar-refractivity contribution in [3.63, 3.8) is 0 Å². The third-order valence-corrected chi connectivity index (χ3v) is 536. The van der Waals surface area contributed by atoms with Crippen LogP contribution < -0.4 is 0 Å². The zero-order chi connectivity index (χ0) is 51.5. The minimum absolute atomic E-state index is 4.72. The summed E-state index contributed by atoms with van der Waals surface area (Å²) in [4.78, 5) is 0. The van der Waals surface area contributed by atoms with E-state index in [1.54, 1.807) is 0 Å². The SMILES string of the molecule is [O]=[W]123[O][W]45(=[O])[O][W]6(=[O])([O]1)[O][W]17(=[O])[O][W]8(=[O])([O]6)[O][W]6(=[O])([O]4)[O][W]4(=[O])([O]5)[O][W]5(=[O])([O]2)[O][W](=[O])([O]3)([O]1)[O][W]12(=[O])[O][W]39(=[O])[O][W]%10%11(=[O])[O][W]%12(=[O])([O]3)[O][W](=[O])([O][W](=[O])([O]%12)([O][W](=[O])([O]%10)([O][W](=[O])([O]%11)([O][W](=[O])([O]9)([O]1)[O]5)[O]4)[O]6)[O]8)([O]2)[O]7. The predicted octanol–water partition coefficient (Wildman–Crippen LogP) is -4.65. The van der Waals surface area contributed by atoms with E-state index >= 15 is 61.2 Å². The van der Waals surface area contributed by atoms with E-state index in [4.69, 9.17) is 73.6 Å². The van der Waals surface area contributed by atoms with Crippen LogP contribution in [0.15, 0.2) is 0 Å². The van der Waals surface area contributed by atoms with E-state index < -0.39 is 293 Å². The Labute approximate surface area is 417 Å². The van der Waals surface area contributed by atoms with Crippen LogP contribution in [-0.4, -0.2) is 0 Å². The molecule has 0 radical (unpaired) electrons. The molecule has 20 fully saturated rings. The Kier molecular flexibility index (Phi) is 6.71. The van der Waals surface area contributed by atoms with Gasteiger partial charge in [-0.05, 0) is 0 Å². The van der Waals surface area contributed by atoms with E-state index in [9.17, 15) is 0 Å². The summed E-state index contributed by atoms with van der Waals surface area (Å²) in [6.45, 7) is 0. The van der Waals surface area contributed by atoms with Gasteiger partial charge in [0.1, 0.15) is 0 Å². The molecular weight excluding hydrogens is 4170 g/mol. The van der Waals surface area contributed by atoms with Crippen LogP contribution in [-0.2, 0) is 428 Å². The summed E-state index contributed by atoms with van der Waals surface area (Å²) < 4.78 is 468. The molecule has 18 spiro atoms. The second-order valence-electron chi connectivity index (χ2n) is 14.7. The van der Waals surface area contributed by atoms with Crippen molar-refractivity contribution in [1.82, 2.24) is 0 Å². The summed E-state index contributed by atoms with van der Waals surface area (Å²) >= 11 is -210. The first-order chi connectivity index (χ1) is 30.8. The normalized spacial score (nSPS) is 62.5. The van der Waals surface area contributed by atoms with Crippen LogP contribution in [0.3, 0.4) is 0 Å². The maximum atomic E-state index is 16.6. The fourth-order valence-corrected chi connectivity index (χ4v) is 1110. The molecule has 18 bridgehead atoms. The van der Waals surface area contributed by atoms with Gasteiger partial charge in [-0.25, -0.2) is 0 Å². The first-order valence-corrected chi connectivity index (χ1v) is 123. The van der Waals surface area contributed by atoms with E-state index in [0.717, 1.165) is 0 Å². The summed E-state index contributed by atoms with van der Waals surface area (Å²) in [5.74, 6) is 0. The van der Waals surface area contributed by atoms with Gasteiger partial charge >= 0.3 is 428 Å². The van der Waals surface area contributed by atoms with Crippen molar-refractivity contribution in [1.29, 1.82) is 0 Å². The molecule has 54 nitrogen and oxygen atoms in total. The molecule has 0 aromatic heterocycles. The molecule has 20 aliphatic rings. The number of hydrogen-bond donors (Lipinski definition) is 0. The first kappa shape index (κ1) is 51.4. The van der Waals surface area contributed by atoms with Gasteiger partial charge in [-0.1, -0.05) is 0 Å². The number of hydrogen-bond acceptors (Lipinski definition) is 54. The molecule has 72 heteroatoms. The Balaban J connectivity index is 1.23. The van der Waals surface area contributed by atoms with E-state index in [1.807, 2.05) is 0 Å². The summed E-state index contributed by atoms with van der Waals surface area (Å²) in [6.07, 6.45) is 0. The molecule has 20 rings (SSSR count). The predicted molar refractivity (Wildman–Crippen MR) is 51.4 cm³/mol. The molecule has 0 saturated carbocycles. The van der Waals surface area contributed by atoms with Crippen molar-refractivity contribution in [3.8, 4) is 0 Å². The van der Waals surface area contributed by atoms with Gasteiger partial charge in [-0.2, -0.15) is 0 Å². The number of rotatable bonds is 0. The summed E-state index contributed by atoms with van der Waals surface area (Å²) in [7, 11) is 0. The van der Waals surface area contributed by atoms with Crippen LogP contribution >= 0.6 is 0 Å². The van der Waals surface area contributed by atoms with Gasteiger partial charge in [-0.15, -0.1) is 0 Å². The fraction of sp³-hybridized carbons (Fsp3) is 0. The molecule has 20 heterocycles. The molecule has 72 heavy (non-hydrogen) atoms. The quantitative estimate of drug-likeness (QED) is 0.220. The maximum absolute atomic E-state index is 16.6. The van der Waals surface area contributed by atoms with Gasteiger partial charge in [0.05, 0.1) is 0 Å². The van der Waals surface area contributed by atoms with E-state index in [1.165, 1.54) is 0 Å². The van der Waals surface area contributed by atoms with Crippen LogP contribution in [0.4, 0.5) is 0 Å². The Morgan fingerprint density at radius 1 is 0.0833 bits per heavy atom. The van der Waals surface area contributed by atoms with E-state index in [-0.39, 0.29) is 0 Å². The monoisotopic (exact) mass is 4170 g/mol. The first-order valence-electron chi connectivity index (χ1n) is 15.0. The van der Waals surface area contributed by atoms with Gasteiger partial charge in [0.15, 0.2) is 0 Å². The topological polar surface area (TPSA) is 640 Å². The van der Waals surface area contributed by atoms with Gasteiger partial charge in [-0.3, -0.25) is 0 Å². The van der Waals surface area contributed by atoms with Crippen molar-refractivity contribution >= 4 is 0 Å². The Hall–Kier alpha value is 7.35. The summed E-state index contributed by atoms with van der Waals surface area (Å²) in [5.41, 5.74) is 0. The molecule has 0 amide bonds.